The molecule has 12 rings (SSSR count). The van der Waals surface area contributed by atoms with E-state index in [1.807, 2.05) is 0 Å². The lowest BCUT2D eigenvalue weighted by molar-refractivity contribution is 1.57. The van der Waals surface area contributed by atoms with Crippen molar-refractivity contribution in [3.8, 4) is 66.8 Å². The van der Waals surface area contributed by atoms with Gasteiger partial charge in [0.1, 0.15) is 0 Å². The van der Waals surface area contributed by atoms with E-state index < -0.39 is 0 Å². The van der Waals surface area contributed by atoms with E-state index in [2.05, 4.69) is 243 Å². The molecule has 0 aliphatic rings. The minimum absolute atomic E-state index is 1.20. The zero-order valence-electron chi connectivity index (χ0n) is 34.1. The van der Waals surface area contributed by atoms with Crippen LogP contribution in [0, 0.1) is 0 Å². The maximum absolute atomic E-state index is 2.45. The summed E-state index contributed by atoms with van der Waals surface area (Å²) in [5.74, 6) is 0. The molecule has 0 bridgehead atoms. The second-order valence-electron chi connectivity index (χ2n) is 16.3. The molecule has 288 valence electrons. The Bertz CT molecular complexity index is 3400. The zero-order valence-corrected chi connectivity index (χ0v) is 34.1. The van der Waals surface area contributed by atoms with Crippen LogP contribution in [0.2, 0.25) is 0 Å². The second kappa shape index (κ2) is 14.9. The number of benzene rings is 12. The van der Waals surface area contributed by atoms with Crippen molar-refractivity contribution in [2.75, 3.05) is 0 Å². The lowest BCUT2D eigenvalue weighted by atomic mass is 9.84. The Hall–Kier alpha value is -8.06. The van der Waals surface area contributed by atoms with E-state index >= 15 is 0 Å². The SMILES string of the molecule is c1ccc(-c2ccc(-c3ccc4c5ccc(-c6ccc(-c7ccccc7)c(-c7ccccc7)c6)cc5c5c6ccccc6c6ccccc6c5c4c3)cc2-c2ccccc2)cc1. The van der Waals surface area contributed by atoms with Gasteiger partial charge in [-0.15, -0.1) is 0 Å². The van der Waals surface area contributed by atoms with Crippen LogP contribution in [0.25, 0.3) is 121 Å². The first-order valence-corrected chi connectivity index (χ1v) is 21.5. The molecule has 0 saturated heterocycles. The van der Waals surface area contributed by atoms with Crippen molar-refractivity contribution in [2.24, 2.45) is 0 Å². The smallest absolute Gasteiger partial charge is 0.00137 e. The van der Waals surface area contributed by atoms with Crippen molar-refractivity contribution in [1.82, 2.24) is 0 Å². The van der Waals surface area contributed by atoms with Crippen LogP contribution in [0.3, 0.4) is 0 Å². The zero-order chi connectivity index (χ0) is 41.0. The summed E-state index contributed by atoms with van der Waals surface area (Å²) in [7, 11) is 0. The summed E-state index contributed by atoms with van der Waals surface area (Å²) in [5.41, 5.74) is 14.6. The van der Waals surface area contributed by atoms with E-state index in [9.17, 15) is 0 Å². The molecule has 0 fully saturated rings. The Kier molecular flexibility index (Phi) is 8.61. The number of fused-ring (bicyclic) bond motifs is 11. The first-order chi connectivity index (χ1) is 30.8. The largest absolute Gasteiger partial charge is 0.0622 e. The molecule has 0 radical (unpaired) electrons. The van der Waals surface area contributed by atoms with Crippen molar-refractivity contribution in [2.45, 2.75) is 0 Å². The average Bonchev–Trinajstić information content (AvgIpc) is 3.36. The fourth-order valence-corrected chi connectivity index (χ4v) is 9.93. The van der Waals surface area contributed by atoms with Gasteiger partial charge < -0.3 is 0 Å². The topological polar surface area (TPSA) is 0 Å². The Morgan fingerprint density at radius 1 is 0.145 bits per heavy atom. The van der Waals surface area contributed by atoms with Gasteiger partial charge in [0.2, 0.25) is 0 Å². The third-order valence-corrected chi connectivity index (χ3v) is 12.8. The molecule has 62 heavy (non-hydrogen) atoms. The van der Waals surface area contributed by atoms with Crippen LogP contribution >= 0.6 is 0 Å². The minimum Gasteiger partial charge on any atom is -0.0622 e. The first kappa shape index (κ1) is 35.8. The van der Waals surface area contributed by atoms with Crippen molar-refractivity contribution < 1.29 is 0 Å². The highest BCUT2D eigenvalue weighted by Gasteiger charge is 2.19. The van der Waals surface area contributed by atoms with Crippen molar-refractivity contribution in [3.63, 3.8) is 0 Å². The third kappa shape index (κ3) is 5.99. The lowest BCUT2D eigenvalue weighted by Crippen LogP contribution is -1.91. The fourth-order valence-electron chi connectivity index (χ4n) is 9.93. The van der Waals surface area contributed by atoms with Crippen LogP contribution < -0.4 is 0 Å². The summed E-state index contributed by atoms with van der Waals surface area (Å²) >= 11 is 0. The predicted molar refractivity (Wildman–Crippen MR) is 267 cm³/mol. The summed E-state index contributed by atoms with van der Waals surface area (Å²) in [6, 6.07) is 89.3. The van der Waals surface area contributed by atoms with Crippen LogP contribution in [-0.2, 0) is 0 Å². The van der Waals surface area contributed by atoms with Gasteiger partial charge >= 0.3 is 0 Å². The molecule has 0 heterocycles. The van der Waals surface area contributed by atoms with Crippen molar-refractivity contribution in [1.29, 1.82) is 0 Å². The Morgan fingerprint density at radius 2 is 0.419 bits per heavy atom. The standard InChI is InChI=1S/C62H40/c1-5-17-41(18-6-1)49-33-29-45(37-57(49)43-21-9-3-10-22-43)47-31-35-53-54-36-32-48(46-30-34-50(42-19-7-2-8-20-42)58(38-46)44-23-11-4-12-24-44)40-60(54)62-56-28-16-14-26-52(56)51-25-13-15-27-55(51)61(62)59(53)39-47/h1-40H. The maximum Gasteiger partial charge on any atom is -0.00137 e. The van der Waals surface area contributed by atoms with E-state index in [1.54, 1.807) is 0 Å². The molecule has 0 unspecified atom stereocenters. The van der Waals surface area contributed by atoms with Gasteiger partial charge in [0.15, 0.2) is 0 Å². The molecule has 0 aliphatic heterocycles. The van der Waals surface area contributed by atoms with E-state index in [0.29, 0.717) is 0 Å². The lowest BCUT2D eigenvalue weighted by Gasteiger charge is -2.19. The number of hydrogen-bond donors (Lipinski definition) is 0. The molecule has 0 saturated carbocycles. The maximum atomic E-state index is 2.45. The normalized spacial score (nSPS) is 11.5. The summed E-state index contributed by atoms with van der Waals surface area (Å²) in [4.78, 5) is 0. The van der Waals surface area contributed by atoms with Crippen LogP contribution in [0.4, 0.5) is 0 Å². The van der Waals surface area contributed by atoms with Gasteiger partial charge in [-0.25, -0.2) is 0 Å². The summed E-state index contributed by atoms with van der Waals surface area (Å²) in [5, 5.41) is 12.8. The monoisotopic (exact) mass is 784 g/mol. The van der Waals surface area contributed by atoms with Gasteiger partial charge in [-0.1, -0.05) is 218 Å². The molecule has 0 atom stereocenters. The number of rotatable bonds is 6. The molecule has 12 aromatic carbocycles. The molecule has 0 amide bonds. The van der Waals surface area contributed by atoms with E-state index in [4.69, 9.17) is 0 Å². The Balaban J connectivity index is 1.12. The van der Waals surface area contributed by atoms with Crippen LogP contribution in [0.5, 0.6) is 0 Å². The minimum atomic E-state index is 1.20. The molecule has 0 heteroatoms. The van der Waals surface area contributed by atoms with Gasteiger partial charge in [-0.05, 0) is 145 Å². The van der Waals surface area contributed by atoms with Gasteiger partial charge in [0.25, 0.3) is 0 Å². The Labute approximate surface area is 361 Å². The molecular formula is C62H40. The van der Waals surface area contributed by atoms with Gasteiger partial charge in [-0.3, -0.25) is 0 Å². The van der Waals surface area contributed by atoms with E-state index in [0.717, 1.165) is 0 Å². The molecule has 0 nitrogen and oxygen atoms in total. The van der Waals surface area contributed by atoms with Crippen LogP contribution in [0.1, 0.15) is 0 Å². The molecule has 0 spiro atoms. The molecular weight excluding hydrogens is 745 g/mol. The van der Waals surface area contributed by atoms with Crippen LogP contribution in [0.15, 0.2) is 243 Å². The third-order valence-electron chi connectivity index (χ3n) is 12.8. The highest BCUT2D eigenvalue weighted by atomic mass is 14.2. The van der Waals surface area contributed by atoms with Crippen LogP contribution in [-0.4, -0.2) is 0 Å². The molecule has 0 N–H and O–H groups in total. The molecule has 12 aromatic rings. The van der Waals surface area contributed by atoms with Crippen molar-refractivity contribution >= 4 is 53.9 Å². The van der Waals surface area contributed by atoms with E-state index in [-0.39, 0.29) is 0 Å². The first-order valence-electron chi connectivity index (χ1n) is 21.5. The number of hydrogen-bond acceptors (Lipinski definition) is 0. The van der Waals surface area contributed by atoms with Gasteiger partial charge in [-0.2, -0.15) is 0 Å². The van der Waals surface area contributed by atoms with Crippen molar-refractivity contribution in [3.05, 3.63) is 243 Å². The second-order valence-corrected chi connectivity index (χ2v) is 16.3. The molecule has 0 aliphatic carbocycles. The fraction of sp³-hybridized carbons (Fsp3) is 0. The highest BCUT2D eigenvalue weighted by Crippen LogP contribution is 2.47. The van der Waals surface area contributed by atoms with E-state index in [1.165, 1.54) is 121 Å². The quantitative estimate of drug-likeness (QED) is 0.147. The van der Waals surface area contributed by atoms with Gasteiger partial charge in [0, 0.05) is 0 Å². The molecule has 0 aromatic heterocycles. The van der Waals surface area contributed by atoms with Gasteiger partial charge in [0.05, 0.1) is 0 Å². The highest BCUT2D eigenvalue weighted by molar-refractivity contribution is 6.39. The average molecular weight is 785 g/mol. The summed E-state index contributed by atoms with van der Waals surface area (Å²) in [6.45, 7) is 0. The summed E-state index contributed by atoms with van der Waals surface area (Å²) in [6.07, 6.45) is 0. The predicted octanol–water partition coefficient (Wildman–Crippen LogP) is 17.5. The summed E-state index contributed by atoms with van der Waals surface area (Å²) < 4.78 is 0. The Morgan fingerprint density at radius 3 is 0.790 bits per heavy atom.